The largest absolute Gasteiger partial charge is 0.322 e. The Labute approximate surface area is 116 Å². The maximum Gasteiger partial charge on any atom is 0.238 e. The van der Waals surface area contributed by atoms with Crippen molar-refractivity contribution in [3.05, 3.63) is 42.2 Å². The highest BCUT2D eigenvalue weighted by atomic mass is 19.1. The van der Waals surface area contributed by atoms with E-state index in [9.17, 15) is 9.18 Å². The summed E-state index contributed by atoms with van der Waals surface area (Å²) >= 11 is 0. The van der Waals surface area contributed by atoms with Crippen LogP contribution >= 0.6 is 0 Å². The van der Waals surface area contributed by atoms with E-state index < -0.39 is 5.82 Å². The average Bonchev–Trinajstić information content (AvgIpc) is 2.83. The summed E-state index contributed by atoms with van der Waals surface area (Å²) in [6, 6.07) is 6.06. The zero-order chi connectivity index (χ0) is 14.4. The summed E-state index contributed by atoms with van der Waals surface area (Å²) in [7, 11) is 1.86. The first-order valence-electron chi connectivity index (χ1n) is 6.25. The Hall–Kier alpha value is -2.28. The summed E-state index contributed by atoms with van der Waals surface area (Å²) in [4.78, 5) is 11.6. The predicted molar refractivity (Wildman–Crippen MR) is 72.6 cm³/mol. The third-order valence-corrected chi connectivity index (χ3v) is 2.76. The molecule has 106 valence electrons. The molecular formula is C13H16FN5O. The summed E-state index contributed by atoms with van der Waals surface area (Å²) in [6.07, 6.45) is 2.30. The molecule has 0 aliphatic heterocycles. The quantitative estimate of drug-likeness (QED) is 0.763. The van der Waals surface area contributed by atoms with Crippen LogP contribution in [-0.2, 0) is 18.3 Å². The van der Waals surface area contributed by atoms with Crippen LogP contribution in [0.1, 0.15) is 5.82 Å². The van der Waals surface area contributed by atoms with Gasteiger partial charge in [0.1, 0.15) is 18.0 Å². The monoisotopic (exact) mass is 277 g/mol. The lowest BCUT2D eigenvalue weighted by Gasteiger charge is -2.07. The van der Waals surface area contributed by atoms with Crippen LogP contribution in [-0.4, -0.2) is 33.8 Å². The second kappa shape index (κ2) is 6.76. The topological polar surface area (TPSA) is 71.8 Å². The van der Waals surface area contributed by atoms with Gasteiger partial charge in [-0.3, -0.25) is 4.79 Å². The second-order valence-corrected chi connectivity index (χ2v) is 4.31. The zero-order valence-electron chi connectivity index (χ0n) is 11.1. The lowest BCUT2D eigenvalue weighted by Crippen LogP contribution is -2.30. The number of aryl methyl sites for hydroxylation is 1. The Morgan fingerprint density at radius 1 is 1.40 bits per heavy atom. The fourth-order valence-corrected chi connectivity index (χ4v) is 1.69. The molecule has 0 saturated heterocycles. The molecule has 0 saturated carbocycles. The molecule has 0 spiro atoms. The van der Waals surface area contributed by atoms with Crippen molar-refractivity contribution in [1.82, 2.24) is 20.1 Å². The number of halogens is 1. The molecule has 0 unspecified atom stereocenters. The minimum absolute atomic E-state index is 0.117. The van der Waals surface area contributed by atoms with Crippen molar-refractivity contribution in [2.75, 3.05) is 18.4 Å². The van der Waals surface area contributed by atoms with Crippen molar-refractivity contribution in [2.24, 2.45) is 7.05 Å². The number of anilines is 1. The van der Waals surface area contributed by atoms with Gasteiger partial charge < -0.3 is 15.2 Å². The molecule has 2 N–H and O–H groups in total. The molecule has 0 aliphatic carbocycles. The van der Waals surface area contributed by atoms with Crippen LogP contribution in [0.4, 0.5) is 10.1 Å². The smallest absolute Gasteiger partial charge is 0.238 e. The van der Waals surface area contributed by atoms with Crippen LogP contribution in [0, 0.1) is 5.82 Å². The number of hydrogen-bond donors (Lipinski definition) is 2. The number of carbonyl (C=O) groups is 1. The highest BCUT2D eigenvalue weighted by molar-refractivity contribution is 5.92. The fraction of sp³-hybridized carbons (Fsp3) is 0.308. The van der Waals surface area contributed by atoms with E-state index in [0.29, 0.717) is 13.0 Å². The van der Waals surface area contributed by atoms with E-state index in [1.54, 1.807) is 18.5 Å². The first-order valence-corrected chi connectivity index (χ1v) is 6.25. The van der Waals surface area contributed by atoms with Gasteiger partial charge in [-0.1, -0.05) is 12.1 Å². The minimum atomic E-state index is -0.445. The number of benzene rings is 1. The molecule has 1 heterocycles. The SMILES string of the molecule is Cn1cnnc1CCNCC(=O)Nc1ccccc1F. The maximum absolute atomic E-state index is 13.3. The summed E-state index contributed by atoms with van der Waals surface area (Å²) in [5.74, 6) is 0.111. The first kappa shape index (κ1) is 14.1. The van der Waals surface area contributed by atoms with Crippen LogP contribution in [0.25, 0.3) is 0 Å². The van der Waals surface area contributed by atoms with Gasteiger partial charge in [-0.2, -0.15) is 0 Å². The molecule has 7 heteroatoms. The van der Waals surface area contributed by atoms with Gasteiger partial charge in [-0.05, 0) is 12.1 Å². The molecule has 0 fully saturated rings. The van der Waals surface area contributed by atoms with E-state index in [1.807, 2.05) is 11.6 Å². The second-order valence-electron chi connectivity index (χ2n) is 4.31. The summed E-state index contributed by atoms with van der Waals surface area (Å²) in [5, 5.41) is 13.2. The van der Waals surface area contributed by atoms with Crippen molar-refractivity contribution in [3.63, 3.8) is 0 Å². The summed E-state index contributed by atoms with van der Waals surface area (Å²) in [6.45, 7) is 0.712. The zero-order valence-corrected chi connectivity index (χ0v) is 11.1. The molecule has 6 nitrogen and oxygen atoms in total. The fourth-order valence-electron chi connectivity index (χ4n) is 1.69. The lowest BCUT2D eigenvalue weighted by atomic mass is 10.3. The minimum Gasteiger partial charge on any atom is -0.322 e. The van der Waals surface area contributed by atoms with E-state index in [2.05, 4.69) is 20.8 Å². The van der Waals surface area contributed by atoms with Gasteiger partial charge in [0.15, 0.2) is 0 Å². The third-order valence-electron chi connectivity index (χ3n) is 2.76. The molecular weight excluding hydrogens is 261 g/mol. The number of amides is 1. The standard InChI is InChI=1S/C13H16FN5O/c1-19-9-16-18-12(19)6-7-15-8-13(20)17-11-5-3-2-4-10(11)14/h2-5,9,15H,6-8H2,1H3,(H,17,20). The molecule has 0 aliphatic rings. The van der Waals surface area contributed by atoms with E-state index in [4.69, 9.17) is 0 Å². The van der Waals surface area contributed by atoms with Gasteiger partial charge in [-0.15, -0.1) is 10.2 Å². The molecule has 20 heavy (non-hydrogen) atoms. The normalized spacial score (nSPS) is 10.5. The van der Waals surface area contributed by atoms with E-state index in [-0.39, 0.29) is 18.1 Å². The van der Waals surface area contributed by atoms with Gasteiger partial charge >= 0.3 is 0 Å². The van der Waals surface area contributed by atoms with Gasteiger partial charge in [0.05, 0.1) is 12.2 Å². The number of rotatable bonds is 6. The highest BCUT2D eigenvalue weighted by Crippen LogP contribution is 2.11. The van der Waals surface area contributed by atoms with Gasteiger partial charge in [0.2, 0.25) is 5.91 Å². The Kier molecular flexibility index (Phi) is 4.78. The molecule has 0 radical (unpaired) electrons. The number of hydrogen-bond acceptors (Lipinski definition) is 4. The van der Waals surface area contributed by atoms with Crippen molar-refractivity contribution in [2.45, 2.75) is 6.42 Å². The van der Waals surface area contributed by atoms with Crippen LogP contribution < -0.4 is 10.6 Å². The molecule has 0 bridgehead atoms. The van der Waals surface area contributed by atoms with Crippen molar-refractivity contribution in [1.29, 1.82) is 0 Å². The number of carbonyl (C=O) groups excluding carboxylic acids is 1. The number of nitrogens with zero attached hydrogens (tertiary/aromatic N) is 3. The highest BCUT2D eigenvalue weighted by Gasteiger charge is 2.06. The number of para-hydroxylation sites is 1. The summed E-state index contributed by atoms with van der Waals surface area (Å²) < 4.78 is 15.1. The van der Waals surface area contributed by atoms with Crippen molar-refractivity contribution < 1.29 is 9.18 Å². The molecule has 0 atom stereocenters. The molecule has 1 amide bonds. The van der Waals surface area contributed by atoms with Crippen LogP contribution in [0.15, 0.2) is 30.6 Å². The third kappa shape index (κ3) is 3.86. The van der Waals surface area contributed by atoms with Gasteiger partial charge in [0.25, 0.3) is 0 Å². The Balaban J connectivity index is 1.71. The van der Waals surface area contributed by atoms with E-state index in [1.165, 1.54) is 12.1 Å². The summed E-state index contributed by atoms with van der Waals surface area (Å²) in [5.41, 5.74) is 0.188. The van der Waals surface area contributed by atoms with Crippen LogP contribution in [0.5, 0.6) is 0 Å². The maximum atomic E-state index is 13.3. The molecule has 1 aromatic carbocycles. The number of nitrogens with one attached hydrogen (secondary N) is 2. The van der Waals surface area contributed by atoms with E-state index in [0.717, 1.165) is 5.82 Å². The van der Waals surface area contributed by atoms with Gasteiger partial charge in [-0.25, -0.2) is 4.39 Å². The Bertz CT molecular complexity index is 584. The molecule has 2 aromatic rings. The van der Waals surface area contributed by atoms with Crippen LogP contribution in [0.3, 0.4) is 0 Å². The van der Waals surface area contributed by atoms with Crippen molar-refractivity contribution in [3.8, 4) is 0 Å². The molecule has 2 rings (SSSR count). The number of aromatic nitrogens is 3. The van der Waals surface area contributed by atoms with Crippen molar-refractivity contribution >= 4 is 11.6 Å². The first-order chi connectivity index (χ1) is 9.66. The lowest BCUT2D eigenvalue weighted by molar-refractivity contribution is -0.115. The van der Waals surface area contributed by atoms with Gasteiger partial charge in [0, 0.05) is 20.0 Å². The average molecular weight is 277 g/mol. The predicted octanol–water partition coefficient (Wildman–Crippen LogP) is 0.725. The van der Waals surface area contributed by atoms with Crippen LogP contribution in [0.2, 0.25) is 0 Å². The molecule has 1 aromatic heterocycles. The van der Waals surface area contributed by atoms with E-state index >= 15 is 0 Å². The Morgan fingerprint density at radius 2 is 2.20 bits per heavy atom. The Morgan fingerprint density at radius 3 is 2.90 bits per heavy atom.